The van der Waals surface area contributed by atoms with Crippen LogP contribution < -0.4 is 5.32 Å². The lowest BCUT2D eigenvalue weighted by Crippen LogP contribution is -2.45. The highest BCUT2D eigenvalue weighted by Gasteiger charge is 2.28. The van der Waals surface area contributed by atoms with Gasteiger partial charge in [-0.3, -0.25) is 4.79 Å². The van der Waals surface area contributed by atoms with Gasteiger partial charge in [-0.15, -0.1) is 0 Å². The molecule has 0 bridgehead atoms. The summed E-state index contributed by atoms with van der Waals surface area (Å²) in [5.41, 5.74) is -0.395. The molecule has 1 fully saturated rings. The molecule has 3 nitrogen and oxygen atoms in total. The van der Waals surface area contributed by atoms with E-state index in [2.05, 4.69) is 12.2 Å². The Kier molecular flexibility index (Phi) is 4.36. The molecule has 94 valence electrons. The lowest BCUT2D eigenvalue weighted by Gasteiger charge is -2.26. The monoisotopic (exact) mass is 227 g/mol. The quantitative estimate of drug-likeness (QED) is 0.753. The van der Waals surface area contributed by atoms with Crippen molar-refractivity contribution in [2.24, 2.45) is 5.92 Å². The number of esters is 1. The van der Waals surface area contributed by atoms with Gasteiger partial charge in [-0.05, 0) is 46.5 Å². The minimum Gasteiger partial charge on any atom is -0.459 e. The Morgan fingerprint density at radius 3 is 2.44 bits per heavy atom. The normalized spacial score (nSPS) is 27.8. The van der Waals surface area contributed by atoms with E-state index in [4.69, 9.17) is 4.74 Å². The fraction of sp³-hybridized carbons (Fsp3) is 0.923. The number of ether oxygens (including phenoxy) is 1. The van der Waals surface area contributed by atoms with Crippen LogP contribution in [0.25, 0.3) is 0 Å². The zero-order chi connectivity index (χ0) is 12.3. The van der Waals surface area contributed by atoms with Crippen LogP contribution in [0, 0.1) is 5.92 Å². The van der Waals surface area contributed by atoms with Gasteiger partial charge in [-0.1, -0.05) is 13.3 Å². The standard InChI is InChI=1S/C13H25NO2/c1-9-7-6-8-11(9)14-10(2)12(15)16-13(3,4)5/h9-11,14H,6-8H2,1-5H3/t9?,10-,11?/m1/s1. The molecule has 0 aromatic heterocycles. The number of nitrogens with one attached hydrogen (secondary N) is 1. The smallest absolute Gasteiger partial charge is 0.323 e. The molecule has 1 saturated carbocycles. The van der Waals surface area contributed by atoms with E-state index in [1.54, 1.807) is 0 Å². The van der Waals surface area contributed by atoms with E-state index in [-0.39, 0.29) is 12.0 Å². The van der Waals surface area contributed by atoms with Gasteiger partial charge in [0.05, 0.1) is 0 Å². The summed E-state index contributed by atoms with van der Waals surface area (Å²) < 4.78 is 5.34. The summed E-state index contributed by atoms with van der Waals surface area (Å²) >= 11 is 0. The number of carbonyl (C=O) groups is 1. The predicted molar refractivity (Wildman–Crippen MR) is 65.2 cm³/mol. The van der Waals surface area contributed by atoms with Gasteiger partial charge in [0.15, 0.2) is 0 Å². The van der Waals surface area contributed by atoms with Gasteiger partial charge in [0.2, 0.25) is 0 Å². The third-order valence-electron chi connectivity index (χ3n) is 3.09. The highest BCUT2D eigenvalue weighted by atomic mass is 16.6. The minimum atomic E-state index is -0.395. The molecule has 3 atom stereocenters. The first kappa shape index (κ1) is 13.5. The number of hydrogen-bond donors (Lipinski definition) is 1. The zero-order valence-corrected chi connectivity index (χ0v) is 11.2. The third-order valence-corrected chi connectivity index (χ3v) is 3.09. The van der Waals surface area contributed by atoms with Crippen molar-refractivity contribution in [1.82, 2.24) is 5.32 Å². The molecule has 0 amide bonds. The average molecular weight is 227 g/mol. The van der Waals surface area contributed by atoms with Gasteiger partial charge >= 0.3 is 5.97 Å². The molecule has 2 unspecified atom stereocenters. The van der Waals surface area contributed by atoms with Gasteiger partial charge in [0.25, 0.3) is 0 Å². The van der Waals surface area contributed by atoms with E-state index in [0.29, 0.717) is 12.0 Å². The first-order valence-corrected chi connectivity index (χ1v) is 6.28. The van der Waals surface area contributed by atoms with Crippen molar-refractivity contribution in [3.63, 3.8) is 0 Å². The van der Waals surface area contributed by atoms with Crippen molar-refractivity contribution >= 4 is 5.97 Å². The van der Waals surface area contributed by atoms with E-state index in [1.165, 1.54) is 19.3 Å². The Morgan fingerprint density at radius 2 is 2.00 bits per heavy atom. The first-order chi connectivity index (χ1) is 7.29. The molecule has 0 aromatic rings. The van der Waals surface area contributed by atoms with Crippen LogP contribution in [0.3, 0.4) is 0 Å². The van der Waals surface area contributed by atoms with Crippen LogP contribution in [-0.4, -0.2) is 23.7 Å². The molecule has 0 heterocycles. The molecular weight excluding hydrogens is 202 g/mol. The summed E-state index contributed by atoms with van der Waals surface area (Å²) in [7, 11) is 0. The largest absolute Gasteiger partial charge is 0.459 e. The molecule has 0 spiro atoms. The van der Waals surface area contributed by atoms with E-state index in [0.717, 1.165) is 0 Å². The molecule has 1 aliphatic rings. The molecule has 1 aliphatic carbocycles. The zero-order valence-electron chi connectivity index (χ0n) is 11.2. The van der Waals surface area contributed by atoms with E-state index in [1.807, 2.05) is 27.7 Å². The molecule has 0 aliphatic heterocycles. The van der Waals surface area contributed by atoms with Crippen LogP contribution in [-0.2, 0) is 9.53 Å². The molecule has 1 rings (SSSR count). The Morgan fingerprint density at radius 1 is 1.38 bits per heavy atom. The van der Waals surface area contributed by atoms with E-state index >= 15 is 0 Å². The van der Waals surface area contributed by atoms with Crippen molar-refractivity contribution in [3.05, 3.63) is 0 Å². The van der Waals surface area contributed by atoms with Crippen LogP contribution in [0.4, 0.5) is 0 Å². The van der Waals surface area contributed by atoms with Gasteiger partial charge in [0.1, 0.15) is 11.6 Å². The lowest BCUT2D eigenvalue weighted by atomic mass is 10.1. The molecule has 16 heavy (non-hydrogen) atoms. The van der Waals surface area contributed by atoms with Crippen LogP contribution in [0.15, 0.2) is 0 Å². The van der Waals surface area contributed by atoms with Gasteiger partial charge in [-0.2, -0.15) is 0 Å². The molecule has 0 radical (unpaired) electrons. The molecule has 1 N–H and O–H groups in total. The second kappa shape index (κ2) is 5.17. The van der Waals surface area contributed by atoms with Crippen LogP contribution in [0.2, 0.25) is 0 Å². The van der Waals surface area contributed by atoms with Crippen LogP contribution in [0.1, 0.15) is 53.9 Å². The van der Waals surface area contributed by atoms with Crippen molar-refractivity contribution in [2.45, 2.75) is 71.6 Å². The van der Waals surface area contributed by atoms with Crippen LogP contribution >= 0.6 is 0 Å². The molecule has 0 saturated heterocycles. The third kappa shape index (κ3) is 4.12. The second-order valence-electron chi connectivity index (χ2n) is 5.94. The maximum absolute atomic E-state index is 11.8. The average Bonchev–Trinajstić information content (AvgIpc) is 2.49. The maximum Gasteiger partial charge on any atom is 0.323 e. The summed E-state index contributed by atoms with van der Waals surface area (Å²) in [6.07, 6.45) is 3.70. The topological polar surface area (TPSA) is 38.3 Å². The Bertz CT molecular complexity index is 245. The summed E-state index contributed by atoms with van der Waals surface area (Å²) in [6.45, 7) is 9.83. The van der Waals surface area contributed by atoms with E-state index in [9.17, 15) is 4.79 Å². The molecule has 0 aromatic carbocycles. The second-order valence-corrected chi connectivity index (χ2v) is 5.94. The number of hydrogen-bond acceptors (Lipinski definition) is 3. The highest BCUT2D eigenvalue weighted by Crippen LogP contribution is 2.25. The summed E-state index contributed by atoms with van der Waals surface area (Å²) in [4.78, 5) is 11.8. The summed E-state index contributed by atoms with van der Waals surface area (Å²) in [5, 5.41) is 3.38. The fourth-order valence-electron chi connectivity index (χ4n) is 2.17. The van der Waals surface area contributed by atoms with Crippen molar-refractivity contribution in [2.75, 3.05) is 0 Å². The minimum absolute atomic E-state index is 0.147. The molecule has 3 heteroatoms. The van der Waals surface area contributed by atoms with Gasteiger partial charge in [0, 0.05) is 6.04 Å². The number of rotatable bonds is 3. The van der Waals surface area contributed by atoms with Crippen molar-refractivity contribution < 1.29 is 9.53 Å². The van der Waals surface area contributed by atoms with Crippen molar-refractivity contribution in [1.29, 1.82) is 0 Å². The van der Waals surface area contributed by atoms with Crippen molar-refractivity contribution in [3.8, 4) is 0 Å². The fourth-order valence-corrected chi connectivity index (χ4v) is 2.17. The first-order valence-electron chi connectivity index (χ1n) is 6.28. The Hall–Kier alpha value is -0.570. The summed E-state index contributed by atoms with van der Waals surface area (Å²) in [5.74, 6) is 0.525. The summed E-state index contributed by atoms with van der Waals surface area (Å²) in [6, 6.07) is 0.271. The molecular formula is C13H25NO2. The Balaban J connectivity index is 2.39. The maximum atomic E-state index is 11.8. The highest BCUT2D eigenvalue weighted by molar-refractivity contribution is 5.75. The lowest BCUT2D eigenvalue weighted by molar-refractivity contribution is -0.157. The number of carbonyl (C=O) groups excluding carboxylic acids is 1. The Labute approximate surface area is 98.9 Å². The van der Waals surface area contributed by atoms with Crippen LogP contribution in [0.5, 0.6) is 0 Å². The SMILES string of the molecule is CC1CCCC1N[C@H](C)C(=O)OC(C)(C)C. The van der Waals surface area contributed by atoms with Gasteiger partial charge in [-0.25, -0.2) is 0 Å². The van der Waals surface area contributed by atoms with E-state index < -0.39 is 5.60 Å². The predicted octanol–water partition coefficient (Wildman–Crippen LogP) is 2.49. The van der Waals surface area contributed by atoms with Gasteiger partial charge < -0.3 is 10.1 Å².